The quantitative estimate of drug-likeness (QED) is 0.0263. The second-order valence-electron chi connectivity index (χ2n) is 16.7. The number of carbonyl (C=O) groups is 3. The first-order chi connectivity index (χ1) is 29.5. The molecular formula is C54H94O6. The fourth-order valence-corrected chi connectivity index (χ4v) is 7.05. The Hall–Kier alpha value is -2.89. The van der Waals surface area contributed by atoms with Crippen molar-refractivity contribution in [2.45, 2.75) is 252 Å². The van der Waals surface area contributed by atoms with E-state index in [1.54, 1.807) is 6.08 Å². The maximum Gasteiger partial charge on any atom is 0.310 e. The number of esters is 3. The fourth-order valence-electron chi connectivity index (χ4n) is 7.05. The summed E-state index contributed by atoms with van der Waals surface area (Å²) in [6, 6.07) is 0. The van der Waals surface area contributed by atoms with Gasteiger partial charge in [-0.05, 0) is 44.9 Å². The van der Waals surface area contributed by atoms with Gasteiger partial charge in [0.25, 0.3) is 0 Å². The molecule has 0 aliphatic heterocycles. The maximum atomic E-state index is 12.7. The summed E-state index contributed by atoms with van der Waals surface area (Å²) in [5, 5.41) is 0. The molecule has 0 aliphatic rings. The van der Waals surface area contributed by atoms with Crippen LogP contribution in [0.15, 0.2) is 60.8 Å². The van der Waals surface area contributed by atoms with E-state index in [0.29, 0.717) is 12.8 Å². The van der Waals surface area contributed by atoms with Crippen molar-refractivity contribution in [2.75, 3.05) is 13.2 Å². The van der Waals surface area contributed by atoms with Crippen LogP contribution in [-0.4, -0.2) is 37.2 Å². The highest BCUT2D eigenvalue weighted by molar-refractivity contribution is 5.72. The molecule has 0 bridgehead atoms. The van der Waals surface area contributed by atoms with Gasteiger partial charge in [0.2, 0.25) is 0 Å². The van der Waals surface area contributed by atoms with Gasteiger partial charge in [-0.15, -0.1) is 0 Å². The van der Waals surface area contributed by atoms with E-state index in [4.69, 9.17) is 14.2 Å². The predicted molar refractivity (Wildman–Crippen MR) is 256 cm³/mol. The van der Waals surface area contributed by atoms with Crippen LogP contribution >= 0.6 is 0 Å². The highest BCUT2D eigenvalue weighted by Crippen LogP contribution is 2.16. The van der Waals surface area contributed by atoms with Crippen molar-refractivity contribution in [3.63, 3.8) is 0 Å². The van der Waals surface area contributed by atoms with Crippen molar-refractivity contribution < 1.29 is 28.6 Å². The first-order valence-corrected chi connectivity index (χ1v) is 25.3. The first kappa shape index (κ1) is 57.1. The Morgan fingerprint density at radius 2 is 0.633 bits per heavy atom. The molecule has 6 nitrogen and oxygen atoms in total. The Morgan fingerprint density at radius 3 is 0.950 bits per heavy atom. The van der Waals surface area contributed by atoms with Gasteiger partial charge in [-0.3, -0.25) is 14.4 Å². The Bertz CT molecular complexity index is 1100. The van der Waals surface area contributed by atoms with Crippen LogP contribution in [0, 0.1) is 0 Å². The van der Waals surface area contributed by atoms with Crippen LogP contribution in [0.4, 0.5) is 0 Å². The molecule has 0 rings (SSSR count). The van der Waals surface area contributed by atoms with Gasteiger partial charge in [0.1, 0.15) is 13.2 Å². The number of allylic oxidation sites excluding steroid dienone is 9. The SMILES string of the molecule is CC/C=C\C/C=C\C/C=C\C/C=C\C/C=C\CC(=O)OC(COC(=O)CCCCCCCCC)COC(=O)CCCCCCCCCCCCCCCCCCCCCC. The van der Waals surface area contributed by atoms with E-state index in [9.17, 15) is 14.4 Å². The Kier molecular flexibility index (Phi) is 46.4. The van der Waals surface area contributed by atoms with Gasteiger partial charge in [0.05, 0.1) is 6.42 Å². The van der Waals surface area contributed by atoms with E-state index in [1.165, 1.54) is 135 Å². The number of unbranched alkanes of at least 4 members (excludes halogenated alkanes) is 25. The third-order valence-corrected chi connectivity index (χ3v) is 10.8. The minimum absolute atomic E-state index is 0.101. The third-order valence-electron chi connectivity index (χ3n) is 10.8. The summed E-state index contributed by atoms with van der Waals surface area (Å²) in [6.07, 6.45) is 59.7. The van der Waals surface area contributed by atoms with E-state index >= 15 is 0 Å². The van der Waals surface area contributed by atoms with Gasteiger partial charge >= 0.3 is 17.9 Å². The first-order valence-electron chi connectivity index (χ1n) is 25.3. The molecule has 0 saturated carbocycles. The second kappa shape index (κ2) is 48.8. The lowest BCUT2D eigenvalue weighted by molar-refractivity contribution is -0.166. The lowest BCUT2D eigenvalue weighted by atomic mass is 10.0. The summed E-state index contributed by atoms with van der Waals surface area (Å²) in [4.78, 5) is 37.7. The summed E-state index contributed by atoms with van der Waals surface area (Å²) in [5.41, 5.74) is 0. The summed E-state index contributed by atoms with van der Waals surface area (Å²) in [7, 11) is 0. The third kappa shape index (κ3) is 46.2. The molecule has 0 N–H and O–H groups in total. The number of rotatable bonds is 45. The smallest absolute Gasteiger partial charge is 0.310 e. The molecule has 0 radical (unpaired) electrons. The number of hydrogen-bond donors (Lipinski definition) is 0. The van der Waals surface area contributed by atoms with Crippen molar-refractivity contribution in [1.82, 2.24) is 0 Å². The van der Waals surface area contributed by atoms with Gasteiger partial charge in [-0.2, -0.15) is 0 Å². The minimum atomic E-state index is -0.822. The van der Waals surface area contributed by atoms with Crippen LogP contribution in [0.2, 0.25) is 0 Å². The number of ether oxygens (including phenoxy) is 3. The highest BCUT2D eigenvalue weighted by atomic mass is 16.6. The molecule has 0 spiro atoms. The largest absolute Gasteiger partial charge is 0.462 e. The van der Waals surface area contributed by atoms with Crippen molar-refractivity contribution in [2.24, 2.45) is 0 Å². The molecule has 0 saturated heterocycles. The van der Waals surface area contributed by atoms with Crippen molar-refractivity contribution in [3.8, 4) is 0 Å². The van der Waals surface area contributed by atoms with E-state index in [1.807, 2.05) is 6.08 Å². The fraction of sp³-hybridized carbons (Fsp3) is 0.759. The van der Waals surface area contributed by atoms with Gasteiger partial charge in [-0.1, -0.05) is 242 Å². The normalized spacial score (nSPS) is 12.5. The summed E-state index contributed by atoms with van der Waals surface area (Å²) in [6.45, 7) is 6.41. The molecule has 1 unspecified atom stereocenters. The average molecular weight is 839 g/mol. The van der Waals surface area contributed by atoms with E-state index in [-0.39, 0.29) is 31.6 Å². The van der Waals surface area contributed by atoms with Crippen LogP contribution in [0.3, 0.4) is 0 Å². The molecule has 60 heavy (non-hydrogen) atoms. The highest BCUT2D eigenvalue weighted by Gasteiger charge is 2.19. The molecule has 0 aliphatic carbocycles. The molecule has 0 aromatic rings. The van der Waals surface area contributed by atoms with Crippen LogP contribution in [-0.2, 0) is 28.6 Å². The topological polar surface area (TPSA) is 78.9 Å². The van der Waals surface area contributed by atoms with Crippen molar-refractivity contribution in [1.29, 1.82) is 0 Å². The molecule has 1 atom stereocenters. The Morgan fingerprint density at radius 1 is 0.350 bits per heavy atom. The molecule has 0 aromatic carbocycles. The summed E-state index contributed by atoms with van der Waals surface area (Å²) >= 11 is 0. The van der Waals surface area contributed by atoms with Crippen LogP contribution in [0.25, 0.3) is 0 Å². The molecule has 346 valence electrons. The number of carbonyl (C=O) groups excluding carboxylic acids is 3. The Labute approximate surface area is 370 Å². The summed E-state index contributed by atoms with van der Waals surface area (Å²) < 4.78 is 16.6. The van der Waals surface area contributed by atoms with E-state index in [2.05, 4.69) is 69.4 Å². The standard InChI is InChI=1S/C54H94O6/c1-4-7-10-13-16-18-20-22-24-25-26-27-28-30-31-33-35-38-41-44-47-53(56)59-50-51(49-58-52(55)46-43-40-37-15-12-9-6-3)60-54(57)48-45-42-39-36-34-32-29-23-21-19-17-14-11-8-5-2/h8,11,17,19,23,29,34,36,42,45,51H,4-7,9-10,12-16,18,20-22,24-28,30-33,35,37-41,43-44,46-50H2,1-3H3/b11-8-,19-17-,29-23-,36-34-,45-42-. The Balaban J connectivity index is 4.30. The van der Waals surface area contributed by atoms with Crippen LogP contribution < -0.4 is 0 Å². The molecular weight excluding hydrogens is 745 g/mol. The van der Waals surface area contributed by atoms with E-state index < -0.39 is 12.1 Å². The molecule has 0 fully saturated rings. The van der Waals surface area contributed by atoms with E-state index in [0.717, 1.165) is 70.6 Å². The lowest BCUT2D eigenvalue weighted by Crippen LogP contribution is -2.30. The predicted octanol–water partition coefficient (Wildman–Crippen LogP) is 16.5. The van der Waals surface area contributed by atoms with Crippen LogP contribution in [0.1, 0.15) is 245 Å². The minimum Gasteiger partial charge on any atom is -0.462 e. The molecule has 0 aromatic heterocycles. The average Bonchev–Trinajstić information content (AvgIpc) is 3.24. The van der Waals surface area contributed by atoms with Crippen LogP contribution in [0.5, 0.6) is 0 Å². The van der Waals surface area contributed by atoms with Gasteiger partial charge in [0, 0.05) is 12.8 Å². The zero-order chi connectivity index (χ0) is 43.7. The van der Waals surface area contributed by atoms with Crippen molar-refractivity contribution in [3.05, 3.63) is 60.8 Å². The lowest BCUT2D eigenvalue weighted by Gasteiger charge is -2.18. The zero-order valence-corrected chi connectivity index (χ0v) is 39.5. The molecule has 0 amide bonds. The zero-order valence-electron chi connectivity index (χ0n) is 39.5. The summed E-state index contributed by atoms with van der Waals surface area (Å²) in [5.74, 6) is -1.04. The van der Waals surface area contributed by atoms with Gasteiger partial charge < -0.3 is 14.2 Å². The van der Waals surface area contributed by atoms with Crippen molar-refractivity contribution >= 4 is 17.9 Å². The number of hydrogen-bond acceptors (Lipinski definition) is 6. The maximum absolute atomic E-state index is 12.7. The second-order valence-corrected chi connectivity index (χ2v) is 16.7. The monoisotopic (exact) mass is 839 g/mol. The van der Waals surface area contributed by atoms with Gasteiger partial charge in [0.15, 0.2) is 6.10 Å². The molecule has 6 heteroatoms. The van der Waals surface area contributed by atoms with Gasteiger partial charge in [-0.25, -0.2) is 0 Å². The molecule has 0 heterocycles.